The number of ether oxygens (including phenoxy) is 3. The second kappa shape index (κ2) is 7.50. The highest BCUT2D eigenvalue weighted by molar-refractivity contribution is 5.42. The second-order valence-corrected chi connectivity index (χ2v) is 5.30. The van der Waals surface area contributed by atoms with Crippen LogP contribution in [0.2, 0.25) is 0 Å². The summed E-state index contributed by atoms with van der Waals surface area (Å²) >= 11 is 0. The van der Waals surface area contributed by atoms with Crippen molar-refractivity contribution in [2.45, 2.75) is 44.2 Å². The number of hydrogen-bond donors (Lipinski definition) is 1. The molecule has 1 aliphatic carbocycles. The number of nitrogens with two attached hydrogens (primary N) is 1. The molecule has 0 aliphatic heterocycles. The van der Waals surface area contributed by atoms with E-state index in [4.69, 9.17) is 19.9 Å². The Balaban J connectivity index is 1.84. The predicted octanol–water partition coefficient (Wildman–Crippen LogP) is 2.53. The fraction of sp³-hybridized carbons (Fsp3) is 0.625. The summed E-state index contributed by atoms with van der Waals surface area (Å²) < 4.78 is 16.5. The van der Waals surface area contributed by atoms with Crippen LogP contribution in [0.25, 0.3) is 0 Å². The molecule has 0 aromatic heterocycles. The molecule has 2 atom stereocenters. The molecule has 1 fully saturated rings. The molecule has 0 amide bonds. The minimum absolute atomic E-state index is 0.203. The molecule has 1 aromatic carbocycles. The van der Waals surface area contributed by atoms with E-state index in [-0.39, 0.29) is 12.1 Å². The van der Waals surface area contributed by atoms with Gasteiger partial charge in [0.1, 0.15) is 0 Å². The van der Waals surface area contributed by atoms with Crippen LogP contribution in [0, 0.1) is 0 Å². The van der Waals surface area contributed by atoms with E-state index in [1.165, 1.54) is 18.4 Å². The van der Waals surface area contributed by atoms with Crippen molar-refractivity contribution < 1.29 is 14.2 Å². The SMILES string of the molecule is COc1ccc(CCO[C@@H]2CCCC[C@@H]2N)cc1OC. The highest BCUT2D eigenvalue weighted by Crippen LogP contribution is 2.28. The Bertz CT molecular complexity index is 422. The van der Waals surface area contributed by atoms with Crippen LogP contribution in [0.15, 0.2) is 18.2 Å². The predicted molar refractivity (Wildman–Crippen MR) is 79.4 cm³/mol. The van der Waals surface area contributed by atoms with Crippen LogP contribution in [-0.4, -0.2) is 33.0 Å². The Hall–Kier alpha value is -1.26. The summed E-state index contributed by atoms with van der Waals surface area (Å²) in [4.78, 5) is 0. The van der Waals surface area contributed by atoms with E-state index in [1.807, 2.05) is 18.2 Å². The summed E-state index contributed by atoms with van der Waals surface area (Å²) in [7, 11) is 3.30. The molecule has 2 N–H and O–H groups in total. The molecule has 20 heavy (non-hydrogen) atoms. The second-order valence-electron chi connectivity index (χ2n) is 5.30. The van der Waals surface area contributed by atoms with Crippen LogP contribution in [0.3, 0.4) is 0 Å². The highest BCUT2D eigenvalue weighted by Gasteiger charge is 2.21. The third kappa shape index (κ3) is 3.87. The van der Waals surface area contributed by atoms with Crippen LogP contribution in [0.5, 0.6) is 11.5 Å². The van der Waals surface area contributed by atoms with Gasteiger partial charge in [0.05, 0.1) is 26.9 Å². The molecule has 2 rings (SSSR count). The molecule has 0 bridgehead atoms. The number of hydrogen-bond acceptors (Lipinski definition) is 4. The van der Waals surface area contributed by atoms with Crippen molar-refractivity contribution in [2.75, 3.05) is 20.8 Å². The van der Waals surface area contributed by atoms with Crippen molar-refractivity contribution in [3.63, 3.8) is 0 Å². The maximum Gasteiger partial charge on any atom is 0.160 e. The number of benzene rings is 1. The molecule has 0 heterocycles. The molecule has 1 aromatic rings. The lowest BCUT2D eigenvalue weighted by Crippen LogP contribution is -2.39. The molecule has 4 nitrogen and oxygen atoms in total. The topological polar surface area (TPSA) is 53.7 Å². The van der Waals surface area contributed by atoms with Gasteiger partial charge >= 0.3 is 0 Å². The molecule has 1 aliphatic rings. The zero-order chi connectivity index (χ0) is 14.4. The molecule has 112 valence electrons. The molecule has 0 radical (unpaired) electrons. The largest absolute Gasteiger partial charge is 0.493 e. The Morgan fingerprint density at radius 1 is 1.10 bits per heavy atom. The highest BCUT2D eigenvalue weighted by atomic mass is 16.5. The van der Waals surface area contributed by atoms with Crippen molar-refractivity contribution >= 4 is 0 Å². The molecule has 4 heteroatoms. The fourth-order valence-corrected chi connectivity index (χ4v) is 2.70. The van der Waals surface area contributed by atoms with E-state index in [9.17, 15) is 0 Å². The number of rotatable bonds is 6. The van der Waals surface area contributed by atoms with Crippen LogP contribution in [-0.2, 0) is 11.2 Å². The normalized spacial score (nSPS) is 22.6. The van der Waals surface area contributed by atoms with Gasteiger partial charge in [-0.3, -0.25) is 0 Å². The first-order valence-electron chi connectivity index (χ1n) is 7.32. The minimum atomic E-state index is 0.203. The quantitative estimate of drug-likeness (QED) is 0.869. The average Bonchev–Trinajstić information content (AvgIpc) is 2.49. The zero-order valence-corrected chi connectivity index (χ0v) is 12.4. The monoisotopic (exact) mass is 279 g/mol. The van der Waals surface area contributed by atoms with E-state index in [1.54, 1.807) is 14.2 Å². The fourth-order valence-electron chi connectivity index (χ4n) is 2.70. The summed E-state index contributed by atoms with van der Waals surface area (Å²) in [5.41, 5.74) is 7.27. The van der Waals surface area contributed by atoms with Crippen molar-refractivity contribution in [2.24, 2.45) is 5.73 Å². The molecular formula is C16H25NO3. The molecule has 0 unspecified atom stereocenters. The Labute approximate surface area is 121 Å². The number of methoxy groups -OCH3 is 2. The summed E-state index contributed by atoms with van der Waals surface area (Å²) in [5.74, 6) is 1.52. The lowest BCUT2D eigenvalue weighted by Gasteiger charge is -2.28. The summed E-state index contributed by atoms with van der Waals surface area (Å²) in [6, 6.07) is 6.18. The van der Waals surface area contributed by atoms with Gasteiger partial charge in [-0.15, -0.1) is 0 Å². The van der Waals surface area contributed by atoms with Crippen molar-refractivity contribution in [3.8, 4) is 11.5 Å². The van der Waals surface area contributed by atoms with Gasteiger partial charge in [-0.25, -0.2) is 0 Å². The van der Waals surface area contributed by atoms with E-state index < -0.39 is 0 Å². The smallest absolute Gasteiger partial charge is 0.160 e. The Kier molecular flexibility index (Phi) is 5.68. The molecular weight excluding hydrogens is 254 g/mol. The first-order chi connectivity index (χ1) is 9.74. The summed E-state index contributed by atoms with van der Waals surface area (Å²) in [6.45, 7) is 0.702. The van der Waals surface area contributed by atoms with Gasteiger partial charge < -0.3 is 19.9 Å². The van der Waals surface area contributed by atoms with Crippen LogP contribution >= 0.6 is 0 Å². The molecule has 0 saturated heterocycles. The van der Waals surface area contributed by atoms with Gasteiger partial charge in [0.15, 0.2) is 11.5 Å². The van der Waals surface area contributed by atoms with Gasteiger partial charge in [-0.2, -0.15) is 0 Å². The van der Waals surface area contributed by atoms with E-state index in [0.717, 1.165) is 30.8 Å². The first kappa shape index (κ1) is 15.1. The molecule has 1 saturated carbocycles. The minimum Gasteiger partial charge on any atom is -0.493 e. The average molecular weight is 279 g/mol. The Morgan fingerprint density at radius 2 is 1.85 bits per heavy atom. The zero-order valence-electron chi connectivity index (χ0n) is 12.4. The maximum absolute atomic E-state index is 6.08. The van der Waals surface area contributed by atoms with Gasteiger partial charge in [-0.1, -0.05) is 18.9 Å². The van der Waals surface area contributed by atoms with Crippen molar-refractivity contribution in [1.82, 2.24) is 0 Å². The van der Waals surface area contributed by atoms with Gasteiger partial charge in [0, 0.05) is 6.04 Å². The Morgan fingerprint density at radius 3 is 2.55 bits per heavy atom. The van der Waals surface area contributed by atoms with Crippen molar-refractivity contribution in [1.29, 1.82) is 0 Å². The molecule has 0 spiro atoms. The third-order valence-corrected chi connectivity index (χ3v) is 3.92. The summed E-state index contributed by atoms with van der Waals surface area (Å²) in [6.07, 6.45) is 5.73. The van der Waals surface area contributed by atoms with E-state index in [2.05, 4.69) is 0 Å². The van der Waals surface area contributed by atoms with Gasteiger partial charge in [-0.05, 0) is 37.0 Å². The maximum atomic E-state index is 6.08. The van der Waals surface area contributed by atoms with Gasteiger partial charge in [0.2, 0.25) is 0 Å². The van der Waals surface area contributed by atoms with Gasteiger partial charge in [0.25, 0.3) is 0 Å². The van der Waals surface area contributed by atoms with Crippen molar-refractivity contribution in [3.05, 3.63) is 23.8 Å². The van der Waals surface area contributed by atoms with Crippen LogP contribution < -0.4 is 15.2 Å². The van der Waals surface area contributed by atoms with Crippen LogP contribution in [0.4, 0.5) is 0 Å². The van der Waals surface area contributed by atoms with E-state index >= 15 is 0 Å². The summed E-state index contributed by atoms with van der Waals surface area (Å²) in [5, 5.41) is 0. The lowest BCUT2D eigenvalue weighted by molar-refractivity contribution is 0.0168. The van der Waals surface area contributed by atoms with Crippen LogP contribution in [0.1, 0.15) is 31.2 Å². The standard InChI is InChI=1S/C16H25NO3/c1-18-15-8-7-12(11-16(15)19-2)9-10-20-14-6-4-3-5-13(14)17/h7-8,11,13-14H,3-6,9-10,17H2,1-2H3/t13-,14+/m0/s1. The third-order valence-electron chi connectivity index (χ3n) is 3.92. The lowest BCUT2D eigenvalue weighted by atomic mass is 9.93. The first-order valence-corrected chi connectivity index (χ1v) is 7.32. The van der Waals surface area contributed by atoms with E-state index in [0.29, 0.717) is 6.61 Å².